The van der Waals surface area contributed by atoms with E-state index in [1.807, 2.05) is 42.5 Å². The first-order valence-electron chi connectivity index (χ1n) is 10.4. The van der Waals surface area contributed by atoms with Gasteiger partial charge >= 0.3 is 0 Å². The number of halogens is 2. The van der Waals surface area contributed by atoms with Crippen LogP contribution < -0.4 is 9.47 Å². The Hall–Kier alpha value is -3.45. The number of hydrogen-bond acceptors (Lipinski definition) is 4. The van der Waals surface area contributed by atoms with Crippen molar-refractivity contribution in [1.82, 2.24) is 15.0 Å². The van der Waals surface area contributed by atoms with Crippen LogP contribution in [0.25, 0.3) is 11.3 Å². The molecule has 0 spiro atoms. The Morgan fingerprint density at radius 3 is 2.55 bits per heavy atom. The number of allylic oxidation sites excluding steroid dienone is 1. The Labute approximate surface area is 200 Å². The molecule has 7 heteroatoms. The average Bonchev–Trinajstić information content (AvgIpc) is 3.33. The zero-order chi connectivity index (χ0) is 23.2. The summed E-state index contributed by atoms with van der Waals surface area (Å²) < 4.78 is 25.6. The molecule has 2 aromatic heterocycles. The van der Waals surface area contributed by atoms with Crippen LogP contribution in [0.4, 0.5) is 4.39 Å². The number of imidazole rings is 1. The molecular formula is C26H23BrFN3O2. The van der Waals surface area contributed by atoms with Gasteiger partial charge in [0.1, 0.15) is 29.7 Å². The second-order valence-electron chi connectivity index (χ2n) is 7.44. The second-order valence-corrected chi connectivity index (χ2v) is 8.29. The lowest BCUT2D eigenvalue weighted by Gasteiger charge is -2.13. The van der Waals surface area contributed by atoms with Crippen LogP contribution in [0, 0.1) is 5.82 Å². The van der Waals surface area contributed by atoms with Crippen LogP contribution in [0.2, 0.25) is 0 Å². The lowest BCUT2D eigenvalue weighted by molar-refractivity contribution is 0.304. The summed E-state index contributed by atoms with van der Waals surface area (Å²) in [7, 11) is 1.64. The number of hydrogen-bond donors (Lipinski definition) is 1. The molecule has 4 rings (SSSR count). The van der Waals surface area contributed by atoms with Gasteiger partial charge in [0.15, 0.2) is 0 Å². The van der Waals surface area contributed by atoms with E-state index in [4.69, 9.17) is 9.47 Å². The molecular weight excluding hydrogens is 485 g/mol. The molecule has 0 aliphatic carbocycles. The summed E-state index contributed by atoms with van der Waals surface area (Å²) in [5, 5.41) is 0. The highest BCUT2D eigenvalue weighted by atomic mass is 79.9. The maximum Gasteiger partial charge on any atom is 0.138 e. The molecule has 0 amide bonds. The standard InChI is InChI=1S/C26H23BrFN3O2/c1-3-4-21(26-30-15-25(31-26)22-13-18(28)7-11-23(22)27)24-12-10-20(14-29-24)33-16-17-5-8-19(32-2)9-6-17/h3,5-15,21H,1,4,16H2,2H3,(H,30,31). The van der Waals surface area contributed by atoms with Crippen molar-refractivity contribution < 1.29 is 13.9 Å². The van der Waals surface area contributed by atoms with Crippen LogP contribution >= 0.6 is 15.9 Å². The van der Waals surface area contributed by atoms with Gasteiger partial charge in [-0.3, -0.25) is 4.98 Å². The molecule has 0 aliphatic heterocycles. The predicted molar refractivity (Wildman–Crippen MR) is 130 cm³/mol. The largest absolute Gasteiger partial charge is 0.497 e. The molecule has 0 fully saturated rings. The van der Waals surface area contributed by atoms with E-state index in [-0.39, 0.29) is 11.7 Å². The number of benzene rings is 2. The van der Waals surface area contributed by atoms with Crippen LogP contribution in [0.3, 0.4) is 0 Å². The molecule has 1 N–H and O–H groups in total. The van der Waals surface area contributed by atoms with E-state index in [0.717, 1.165) is 33.0 Å². The molecule has 4 aromatic rings. The first-order chi connectivity index (χ1) is 16.1. The third-order valence-electron chi connectivity index (χ3n) is 5.23. The molecule has 0 saturated carbocycles. The van der Waals surface area contributed by atoms with Crippen LogP contribution in [-0.4, -0.2) is 22.1 Å². The quantitative estimate of drug-likeness (QED) is 0.257. The Kier molecular flexibility index (Phi) is 7.19. The number of aromatic amines is 1. The van der Waals surface area contributed by atoms with Gasteiger partial charge in [-0.1, -0.05) is 34.1 Å². The van der Waals surface area contributed by atoms with Gasteiger partial charge in [0, 0.05) is 10.0 Å². The summed E-state index contributed by atoms with van der Waals surface area (Å²) in [4.78, 5) is 12.5. The van der Waals surface area contributed by atoms with E-state index in [0.29, 0.717) is 24.3 Å². The predicted octanol–water partition coefficient (Wildman–Crippen LogP) is 6.67. The van der Waals surface area contributed by atoms with Crippen LogP contribution in [0.5, 0.6) is 11.5 Å². The van der Waals surface area contributed by atoms with E-state index in [2.05, 4.69) is 37.5 Å². The zero-order valence-corrected chi connectivity index (χ0v) is 19.7. The minimum atomic E-state index is -0.307. The number of methoxy groups -OCH3 is 1. The van der Waals surface area contributed by atoms with Crippen LogP contribution in [0.15, 0.2) is 84.1 Å². The molecule has 2 aromatic carbocycles. The Bertz CT molecular complexity index is 1220. The molecule has 33 heavy (non-hydrogen) atoms. The summed E-state index contributed by atoms with van der Waals surface area (Å²) in [6.45, 7) is 4.31. The molecule has 5 nitrogen and oxygen atoms in total. The van der Waals surface area contributed by atoms with Crippen molar-refractivity contribution in [3.63, 3.8) is 0 Å². The third kappa shape index (κ3) is 5.49. The zero-order valence-electron chi connectivity index (χ0n) is 18.1. The fourth-order valence-electron chi connectivity index (χ4n) is 3.47. The molecule has 0 saturated heterocycles. The van der Waals surface area contributed by atoms with Gasteiger partial charge in [-0.25, -0.2) is 9.37 Å². The highest BCUT2D eigenvalue weighted by molar-refractivity contribution is 9.10. The first kappa shape index (κ1) is 22.7. The monoisotopic (exact) mass is 507 g/mol. The first-order valence-corrected chi connectivity index (χ1v) is 11.2. The summed E-state index contributed by atoms with van der Waals surface area (Å²) in [6.07, 6.45) is 5.90. The third-order valence-corrected chi connectivity index (χ3v) is 5.92. The number of pyridine rings is 1. The number of H-pyrrole nitrogens is 1. The van der Waals surface area contributed by atoms with Crippen LogP contribution in [-0.2, 0) is 6.61 Å². The van der Waals surface area contributed by atoms with Crippen molar-refractivity contribution in [3.8, 4) is 22.8 Å². The lowest BCUT2D eigenvalue weighted by atomic mass is 10.00. The fourth-order valence-corrected chi connectivity index (χ4v) is 3.93. The van der Waals surface area contributed by atoms with E-state index < -0.39 is 0 Å². The van der Waals surface area contributed by atoms with E-state index >= 15 is 0 Å². The van der Waals surface area contributed by atoms with Crippen molar-refractivity contribution in [2.24, 2.45) is 0 Å². The van der Waals surface area contributed by atoms with Gasteiger partial charge in [-0.2, -0.15) is 0 Å². The molecule has 168 valence electrons. The topological polar surface area (TPSA) is 60.0 Å². The summed E-state index contributed by atoms with van der Waals surface area (Å²) >= 11 is 3.47. The van der Waals surface area contributed by atoms with Crippen molar-refractivity contribution in [2.45, 2.75) is 18.9 Å². The molecule has 1 atom stereocenters. The minimum absolute atomic E-state index is 0.112. The van der Waals surface area contributed by atoms with Crippen molar-refractivity contribution in [3.05, 3.63) is 107 Å². The van der Waals surface area contributed by atoms with Gasteiger partial charge in [0.25, 0.3) is 0 Å². The maximum atomic E-state index is 13.7. The van der Waals surface area contributed by atoms with E-state index in [1.165, 1.54) is 12.1 Å². The lowest BCUT2D eigenvalue weighted by Crippen LogP contribution is -2.05. The number of nitrogens with zero attached hydrogens (tertiary/aromatic N) is 2. The summed E-state index contributed by atoms with van der Waals surface area (Å²) in [6, 6.07) is 16.1. The van der Waals surface area contributed by atoms with Gasteiger partial charge < -0.3 is 14.5 Å². The van der Waals surface area contributed by atoms with E-state index in [9.17, 15) is 4.39 Å². The minimum Gasteiger partial charge on any atom is -0.497 e. The SMILES string of the molecule is C=CCC(c1ccc(OCc2ccc(OC)cc2)cn1)c1ncc(-c2cc(F)ccc2Br)[nH]1. The second kappa shape index (κ2) is 10.4. The number of aromatic nitrogens is 3. The van der Waals surface area contributed by atoms with Gasteiger partial charge in [-0.15, -0.1) is 6.58 Å². The van der Waals surface area contributed by atoms with Gasteiger partial charge in [0.05, 0.1) is 36.8 Å². The summed E-state index contributed by atoms with van der Waals surface area (Å²) in [5.41, 5.74) is 3.31. The molecule has 1 unspecified atom stereocenters. The summed E-state index contributed by atoms with van der Waals surface area (Å²) in [5.74, 6) is 1.80. The van der Waals surface area contributed by atoms with Crippen molar-refractivity contribution >= 4 is 15.9 Å². The Morgan fingerprint density at radius 1 is 1.06 bits per heavy atom. The fraction of sp³-hybridized carbons (Fsp3) is 0.154. The molecule has 0 radical (unpaired) electrons. The van der Waals surface area contributed by atoms with Crippen molar-refractivity contribution in [2.75, 3.05) is 7.11 Å². The normalized spacial score (nSPS) is 11.7. The number of nitrogens with one attached hydrogen (secondary N) is 1. The van der Waals surface area contributed by atoms with Gasteiger partial charge in [0.2, 0.25) is 0 Å². The average molecular weight is 508 g/mol. The smallest absolute Gasteiger partial charge is 0.138 e. The highest BCUT2D eigenvalue weighted by Crippen LogP contribution is 2.31. The van der Waals surface area contributed by atoms with Gasteiger partial charge in [-0.05, 0) is 54.4 Å². The van der Waals surface area contributed by atoms with Crippen molar-refractivity contribution in [1.29, 1.82) is 0 Å². The number of ether oxygens (including phenoxy) is 2. The van der Waals surface area contributed by atoms with Crippen LogP contribution in [0.1, 0.15) is 29.4 Å². The molecule has 0 bridgehead atoms. The number of rotatable bonds is 9. The highest BCUT2D eigenvalue weighted by Gasteiger charge is 2.19. The van der Waals surface area contributed by atoms with E-state index in [1.54, 1.807) is 25.6 Å². The Balaban J connectivity index is 1.49. The maximum absolute atomic E-state index is 13.7. The Morgan fingerprint density at radius 2 is 1.85 bits per heavy atom. The molecule has 0 aliphatic rings. The molecule has 2 heterocycles.